The number of carboxylic acids is 1. The quantitative estimate of drug-likeness (QED) is 0.285. The third-order valence-electron chi connectivity index (χ3n) is 5.99. The number of aliphatic carboxylic acids is 1. The van der Waals surface area contributed by atoms with Crippen molar-refractivity contribution in [1.29, 1.82) is 0 Å². The van der Waals surface area contributed by atoms with Gasteiger partial charge in [0.1, 0.15) is 11.6 Å². The molecule has 10 heteroatoms. The van der Waals surface area contributed by atoms with E-state index in [2.05, 4.69) is 0 Å². The summed E-state index contributed by atoms with van der Waals surface area (Å²) in [6.45, 7) is 3.96. The van der Waals surface area contributed by atoms with Gasteiger partial charge in [-0.15, -0.1) is 0 Å². The van der Waals surface area contributed by atoms with Crippen molar-refractivity contribution < 1.29 is 33.7 Å². The molecule has 0 aliphatic rings. The first-order chi connectivity index (χ1) is 17.0. The Morgan fingerprint density at radius 2 is 1.43 bits per heavy atom. The number of carbonyl (C=O) groups excluding carboxylic acids is 1. The molecule has 0 aliphatic carbocycles. The monoisotopic (exact) mass is 524 g/mol. The maximum absolute atomic E-state index is 13.8. The molecule has 37 heavy (non-hydrogen) atoms. The van der Waals surface area contributed by atoms with Crippen LogP contribution in [0.5, 0.6) is 0 Å². The zero-order chi connectivity index (χ0) is 26.6. The Kier molecular flexibility index (Phi) is 11.0. The average Bonchev–Trinajstić information content (AvgIpc) is 3.14. The van der Waals surface area contributed by atoms with Crippen LogP contribution in [0.15, 0.2) is 48.5 Å². The number of benzene rings is 2. The summed E-state index contributed by atoms with van der Waals surface area (Å²) in [6, 6.07) is 11.3. The number of aromatic nitrogens is 1. The number of aliphatic hydroxyl groups is 2. The Morgan fingerprint density at radius 1 is 0.919 bits per heavy atom. The van der Waals surface area contributed by atoms with Gasteiger partial charge in [-0.3, -0.25) is 9.59 Å². The summed E-state index contributed by atoms with van der Waals surface area (Å²) in [5, 5.41) is 29.3. The molecule has 0 saturated carbocycles. The van der Waals surface area contributed by atoms with Gasteiger partial charge in [0.25, 0.3) is 5.91 Å². The van der Waals surface area contributed by atoms with E-state index in [1.807, 2.05) is 18.4 Å². The summed E-state index contributed by atoms with van der Waals surface area (Å²) >= 11 is 0. The van der Waals surface area contributed by atoms with Gasteiger partial charge in [-0.1, -0.05) is 26.0 Å². The molecule has 0 spiro atoms. The van der Waals surface area contributed by atoms with Crippen LogP contribution >= 0.6 is 0 Å². The summed E-state index contributed by atoms with van der Waals surface area (Å²) in [4.78, 5) is 23.6. The van der Waals surface area contributed by atoms with E-state index < -0.39 is 42.1 Å². The SMILES string of the molecule is CC(C)c1c(C(N)=O)c(-c2ccc(F)cc2)c(-c2ccc(F)cc2)n1CC[C@@H](O)C[C@@H](O)CC(=O)O.[NaH]. The van der Waals surface area contributed by atoms with E-state index >= 15 is 0 Å². The fourth-order valence-electron chi connectivity index (χ4n) is 4.52. The molecule has 2 atom stereocenters. The number of hydrogen-bond acceptors (Lipinski definition) is 4. The molecular formula is C27H31F2N2NaO5. The standard InChI is InChI=1S/C27H30F2N2O5.Na.H/c1-15(2)25-24(27(30)36)23(16-3-7-18(28)8-4-16)26(17-5-9-19(29)10-6-17)31(25)12-11-20(32)13-21(33)14-22(34)35;;/h3-10,15,20-21,32-33H,11-14H2,1-2H3,(H2,30,36)(H,34,35);;/t20-,21-;;/m1../s1. The van der Waals surface area contributed by atoms with Gasteiger partial charge in [0.05, 0.1) is 29.9 Å². The summed E-state index contributed by atoms with van der Waals surface area (Å²) in [6.07, 6.45) is -2.71. The van der Waals surface area contributed by atoms with Crippen LogP contribution < -0.4 is 5.73 Å². The van der Waals surface area contributed by atoms with Gasteiger partial charge < -0.3 is 25.6 Å². The van der Waals surface area contributed by atoms with Gasteiger partial charge in [-0.25, -0.2) is 8.78 Å². The molecule has 1 amide bonds. The van der Waals surface area contributed by atoms with Crippen molar-refractivity contribution in [3.63, 3.8) is 0 Å². The first kappa shape index (κ1) is 30.7. The molecule has 7 nitrogen and oxygen atoms in total. The van der Waals surface area contributed by atoms with Crippen LogP contribution in [0.25, 0.3) is 22.4 Å². The van der Waals surface area contributed by atoms with Crippen molar-refractivity contribution in [2.45, 2.75) is 57.8 Å². The molecule has 0 radical (unpaired) electrons. The Hall–Kier alpha value is -2.56. The molecule has 0 unspecified atom stereocenters. The summed E-state index contributed by atoms with van der Waals surface area (Å²) in [7, 11) is 0. The zero-order valence-electron chi connectivity index (χ0n) is 20.1. The van der Waals surface area contributed by atoms with Crippen LogP contribution in [0.3, 0.4) is 0 Å². The second-order valence-corrected chi connectivity index (χ2v) is 9.10. The molecule has 2 aromatic carbocycles. The molecule has 194 valence electrons. The Bertz CT molecular complexity index is 1230. The van der Waals surface area contributed by atoms with Gasteiger partial charge in [0.15, 0.2) is 0 Å². The summed E-state index contributed by atoms with van der Waals surface area (Å²) in [5.74, 6) is -2.93. The van der Waals surface area contributed by atoms with Crippen molar-refractivity contribution in [2.75, 3.05) is 0 Å². The molecule has 0 bridgehead atoms. The molecule has 0 aliphatic heterocycles. The van der Waals surface area contributed by atoms with Gasteiger partial charge in [0.2, 0.25) is 0 Å². The van der Waals surface area contributed by atoms with Crippen LogP contribution in [0.1, 0.15) is 55.1 Å². The van der Waals surface area contributed by atoms with Gasteiger partial charge in [-0.05, 0) is 66.3 Å². The maximum atomic E-state index is 13.8. The van der Waals surface area contributed by atoms with E-state index in [9.17, 15) is 28.6 Å². The number of primary amides is 1. The van der Waals surface area contributed by atoms with Gasteiger partial charge in [0, 0.05) is 17.8 Å². The first-order valence-electron chi connectivity index (χ1n) is 11.7. The third-order valence-corrected chi connectivity index (χ3v) is 5.99. The number of amides is 1. The average molecular weight is 525 g/mol. The molecule has 0 fully saturated rings. The van der Waals surface area contributed by atoms with Crippen LogP contribution in [-0.2, 0) is 11.3 Å². The zero-order valence-corrected chi connectivity index (χ0v) is 20.1. The molecule has 1 aromatic heterocycles. The van der Waals surface area contributed by atoms with Gasteiger partial charge in [-0.2, -0.15) is 0 Å². The van der Waals surface area contributed by atoms with Crippen LogP contribution in [0, 0.1) is 11.6 Å². The topological polar surface area (TPSA) is 126 Å². The van der Waals surface area contributed by atoms with E-state index in [-0.39, 0.29) is 60.4 Å². The van der Waals surface area contributed by atoms with E-state index in [0.717, 1.165) is 0 Å². The Labute approximate surface area is 236 Å². The van der Waals surface area contributed by atoms with Crippen molar-refractivity contribution >= 4 is 41.4 Å². The van der Waals surface area contributed by atoms with E-state index in [0.29, 0.717) is 28.1 Å². The minimum atomic E-state index is -1.21. The van der Waals surface area contributed by atoms with E-state index in [1.54, 1.807) is 12.1 Å². The number of carbonyl (C=O) groups is 2. The number of rotatable bonds is 11. The third kappa shape index (κ3) is 7.49. The first-order valence-corrected chi connectivity index (χ1v) is 11.7. The second kappa shape index (κ2) is 13.3. The molecule has 0 saturated heterocycles. The minimum absolute atomic E-state index is 0. The fourth-order valence-corrected chi connectivity index (χ4v) is 4.52. The van der Waals surface area contributed by atoms with E-state index in [4.69, 9.17) is 10.8 Å². The molecule has 1 heterocycles. The van der Waals surface area contributed by atoms with Crippen molar-refractivity contribution in [3.8, 4) is 22.4 Å². The molecule has 3 rings (SSSR count). The fraction of sp³-hybridized carbons (Fsp3) is 0.333. The number of carboxylic acid groups (broad SMARTS) is 1. The Morgan fingerprint density at radius 3 is 1.89 bits per heavy atom. The number of halogens is 2. The predicted molar refractivity (Wildman–Crippen MR) is 138 cm³/mol. The predicted octanol–water partition coefficient (Wildman–Crippen LogP) is 3.65. The normalized spacial score (nSPS) is 12.7. The molecule has 3 aromatic rings. The van der Waals surface area contributed by atoms with Crippen LogP contribution in [0.4, 0.5) is 8.78 Å². The van der Waals surface area contributed by atoms with Crippen molar-refractivity contribution in [1.82, 2.24) is 4.57 Å². The second-order valence-electron chi connectivity index (χ2n) is 9.10. The Balaban J connectivity index is 0.00000481. The van der Waals surface area contributed by atoms with Crippen LogP contribution in [0.2, 0.25) is 0 Å². The number of hydrogen-bond donors (Lipinski definition) is 4. The molecular weight excluding hydrogens is 493 g/mol. The van der Waals surface area contributed by atoms with Crippen molar-refractivity contribution in [2.24, 2.45) is 5.73 Å². The van der Waals surface area contributed by atoms with Crippen LogP contribution in [-0.4, -0.2) is 73.5 Å². The number of nitrogens with zero attached hydrogens (tertiary/aromatic N) is 1. The number of nitrogens with two attached hydrogens (primary N) is 1. The van der Waals surface area contributed by atoms with Gasteiger partial charge >= 0.3 is 35.5 Å². The molecule has 5 N–H and O–H groups in total. The summed E-state index contributed by atoms with van der Waals surface area (Å²) < 4.78 is 29.3. The number of aliphatic hydroxyl groups excluding tert-OH is 2. The van der Waals surface area contributed by atoms with E-state index in [1.165, 1.54) is 36.4 Å². The van der Waals surface area contributed by atoms with Crippen molar-refractivity contribution in [3.05, 3.63) is 71.4 Å². The summed E-state index contributed by atoms with van der Waals surface area (Å²) in [5.41, 5.74) is 8.85.